The molecule has 4 heterocycles. The Labute approximate surface area is 337 Å². The largest absolute Gasteiger partial charge is 0.312 e. The van der Waals surface area contributed by atoms with Gasteiger partial charge in [0.1, 0.15) is 11.6 Å². The molecular formula is C51H41N5O2. The summed E-state index contributed by atoms with van der Waals surface area (Å²) in [4.78, 5) is 39.4. The summed E-state index contributed by atoms with van der Waals surface area (Å²) in [6.07, 6.45) is 23.3. The van der Waals surface area contributed by atoms with Crippen LogP contribution in [-0.2, 0) is 0 Å². The number of para-hydroxylation sites is 3. The van der Waals surface area contributed by atoms with Gasteiger partial charge in [-0.25, -0.2) is 9.88 Å². The molecule has 7 aromatic rings. The maximum absolute atomic E-state index is 15.5. The number of hydrogen-bond donors (Lipinski definition) is 0. The Morgan fingerprint density at radius 3 is 2.14 bits per heavy atom. The first-order valence-corrected chi connectivity index (χ1v) is 19.5. The van der Waals surface area contributed by atoms with E-state index in [1.54, 1.807) is 18.2 Å². The van der Waals surface area contributed by atoms with Gasteiger partial charge in [0, 0.05) is 44.3 Å². The van der Waals surface area contributed by atoms with Crippen molar-refractivity contribution in [2.45, 2.75) is 26.7 Å². The van der Waals surface area contributed by atoms with E-state index in [1.807, 2.05) is 122 Å². The average Bonchev–Trinajstić information content (AvgIpc) is 3.87. The lowest BCUT2D eigenvalue weighted by Gasteiger charge is -2.26. The fraction of sp³-hybridized carbons (Fsp3) is 0.0784. The lowest BCUT2D eigenvalue weighted by Crippen LogP contribution is -2.31. The van der Waals surface area contributed by atoms with Gasteiger partial charge in [0.05, 0.1) is 33.2 Å². The minimum absolute atomic E-state index is 0.225. The van der Waals surface area contributed by atoms with Crippen molar-refractivity contribution in [3.8, 4) is 0 Å². The van der Waals surface area contributed by atoms with E-state index in [0.717, 1.165) is 73.7 Å². The van der Waals surface area contributed by atoms with Crippen molar-refractivity contribution in [2.24, 2.45) is 0 Å². The number of hydrogen-bond acceptors (Lipinski definition) is 4. The van der Waals surface area contributed by atoms with Crippen LogP contribution in [0.2, 0.25) is 0 Å². The molecule has 1 aliphatic heterocycles. The zero-order valence-electron chi connectivity index (χ0n) is 32.5. The Bertz CT molecular complexity index is 3060. The molecule has 58 heavy (non-hydrogen) atoms. The van der Waals surface area contributed by atoms with E-state index in [4.69, 9.17) is 4.98 Å². The first-order valence-electron chi connectivity index (χ1n) is 19.5. The maximum Gasteiger partial charge on any atom is 0.269 e. The Balaban J connectivity index is 1.40. The molecule has 0 N–H and O–H groups in total. The number of rotatable bonds is 10. The second-order valence-corrected chi connectivity index (χ2v) is 14.1. The third kappa shape index (κ3) is 5.54. The molecule has 2 amide bonds. The summed E-state index contributed by atoms with van der Waals surface area (Å²) in [7, 11) is 0. The van der Waals surface area contributed by atoms with Gasteiger partial charge in [-0.2, -0.15) is 0 Å². The number of imide groups is 1. The van der Waals surface area contributed by atoms with Crippen molar-refractivity contribution < 1.29 is 9.59 Å². The number of anilines is 3. The predicted octanol–water partition coefficient (Wildman–Crippen LogP) is 12.7. The smallest absolute Gasteiger partial charge is 0.269 e. The van der Waals surface area contributed by atoms with Gasteiger partial charge in [0.2, 0.25) is 0 Å². The van der Waals surface area contributed by atoms with E-state index in [0.29, 0.717) is 22.5 Å². The van der Waals surface area contributed by atoms with E-state index in [-0.39, 0.29) is 5.82 Å². The monoisotopic (exact) mass is 755 g/mol. The van der Waals surface area contributed by atoms with Gasteiger partial charge in [-0.3, -0.25) is 14.5 Å². The summed E-state index contributed by atoms with van der Waals surface area (Å²) in [5, 5.41) is 3.81. The Morgan fingerprint density at radius 1 is 0.759 bits per heavy atom. The zero-order valence-corrected chi connectivity index (χ0v) is 32.5. The zero-order chi connectivity index (χ0) is 39.9. The topological polar surface area (TPSA) is 63.4 Å². The number of carbonyl (C=O) groups is 2. The van der Waals surface area contributed by atoms with Gasteiger partial charge in [-0.1, -0.05) is 110 Å². The highest BCUT2D eigenvalue weighted by molar-refractivity contribution is 6.45. The lowest BCUT2D eigenvalue weighted by atomic mass is 9.97. The minimum Gasteiger partial charge on any atom is -0.312 e. The number of aromatic nitrogens is 3. The van der Waals surface area contributed by atoms with Crippen molar-refractivity contribution in [3.63, 3.8) is 0 Å². The van der Waals surface area contributed by atoms with Crippen LogP contribution in [0.5, 0.6) is 0 Å². The number of benzene rings is 4. The van der Waals surface area contributed by atoms with Crippen LogP contribution < -0.4 is 9.80 Å². The summed E-state index contributed by atoms with van der Waals surface area (Å²) in [5.74, 6) is -0.107. The van der Waals surface area contributed by atoms with Crippen molar-refractivity contribution in [1.82, 2.24) is 14.1 Å². The first-order chi connectivity index (χ1) is 28.5. The molecule has 0 radical (unpaired) electrons. The van der Waals surface area contributed by atoms with E-state index in [2.05, 4.69) is 64.8 Å². The summed E-state index contributed by atoms with van der Waals surface area (Å²) in [5.41, 5.74) is 7.45. The van der Waals surface area contributed by atoms with Crippen LogP contribution in [0, 0.1) is 0 Å². The fourth-order valence-corrected chi connectivity index (χ4v) is 8.56. The van der Waals surface area contributed by atoms with E-state index >= 15 is 9.59 Å². The summed E-state index contributed by atoms with van der Waals surface area (Å²) in [6, 6.07) is 31.8. The molecule has 0 saturated carbocycles. The van der Waals surface area contributed by atoms with Crippen LogP contribution in [0.25, 0.3) is 55.0 Å². The fourth-order valence-electron chi connectivity index (χ4n) is 8.56. The van der Waals surface area contributed by atoms with Crippen molar-refractivity contribution in [2.75, 3.05) is 9.80 Å². The quantitative estimate of drug-likeness (QED) is 0.103. The van der Waals surface area contributed by atoms with Crippen molar-refractivity contribution in [1.29, 1.82) is 0 Å². The Kier molecular flexibility index (Phi) is 9.26. The van der Waals surface area contributed by atoms with E-state index in [1.165, 1.54) is 4.90 Å². The van der Waals surface area contributed by atoms with Gasteiger partial charge < -0.3 is 9.13 Å². The standard InChI is InChI=1S/C51H41N5O2/c1-5-9-23-34(8-4)54-40-30-18-16-28-38(40)44-45-39-29-17-19-31-41(39)55(37-26-14-11-15-27-37)49(45)47-46(48(44)54)50(57)56(51(47)58)43-33-20-32-42(52-43)53(35(21-6-2)22-7-3)36-24-12-10-13-25-36/h5-14,16-26,28-33H,2,4,15,27H2,1,3H3/b9-5-,22-7-,34-23+,35-21+. The molecule has 4 aromatic carbocycles. The number of nitrogens with zero attached hydrogens (tertiary/aromatic N) is 5. The maximum atomic E-state index is 15.5. The summed E-state index contributed by atoms with van der Waals surface area (Å²) in [6.45, 7) is 12.1. The molecule has 0 unspecified atom stereocenters. The minimum atomic E-state index is -0.439. The van der Waals surface area contributed by atoms with Gasteiger partial charge in [0.25, 0.3) is 11.8 Å². The second-order valence-electron chi connectivity index (χ2n) is 14.1. The number of fused-ring (bicyclic) bond motifs is 10. The predicted molar refractivity (Wildman–Crippen MR) is 241 cm³/mol. The number of allylic oxidation sites excluding steroid dienone is 13. The molecular weight excluding hydrogens is 715 g/mol. The molecule has 0 saturated heterocycles. The molecule has 3 aromatic heterocycles. The number of amides is 2. The SMILES string of the molecule is C=C/C=C(\C=C/C)N(c1ccccc1)c1cccc(N2C(=O)c3c(c4c(c5ccccc5n4/C(C=C)=C/C=C\C)c4c5ccccc5n(C5=CC=CCC5)c34)C2=O)n1. The highest BCUT2D eigenvalue weighted by Crippen LogP contribution is 2.49. The third-order valence-corrected chi connectivity index (χ3v) is 10.8. The van der Waals surface area contributed by atoms with E-state index < -0.39 is 11.8 Å². The molecule has 9 rings (SSSR count). The molecule has 0 atom stereocenters. The molecule has 1 aliphatic carbocycles. The molecule has 2 aliphatic rings. The highest BCUT2D eigenvalue weighted by Gasteiger charge is 2.44. The summed E-state index contributed by atoms with van der Waals surface area (Å²) < 4.78 is 4.30. The lowest BCUT2D eigenvalue weighted by molar-refractivity contribution is 0.0926. The molecule has 0 bridgehead atoms. The van der Waals surface area contributed by atoms with Crippen LogP contribution in [0.3, 0.4) is 0 Å². The summed E-state index contributed by atoms with van der Waals surface area (Å²) >= 11 is 0. The van der Waals surface area contributed by atoms with Crippen LogP contribution in [0.1, 0.15) is 47.4 Å². The van der Waals surface area contributed by atoms with Gasteiger partial charge in [-0.05, 0) is 93.5 Å². The third-order valence-electron chi connectivity index (χ3n) is 10.8. The normalized spacial score (nSPS) is 14.9. The Morgan fingerprint density at radius 2 is 1.45 bits per heavy atom. The molecule has 7 nitrogen and oxygen atoms in total. The van der Waals surface area contributed by atoms with Crippen LogP contribution >= 0.6 is 0 Å². The number of pyridine rings is 1. The van der Waals surface area contributed by atoms with Crippen molar-refractivity contribution >= 4 is 84.1 Å². The molecule has 0 spiro atoms. The van der Waals surface area contributed by atoms with E-state index in [9.17, 15) is 0 Å². The van der Waals surface area contributed by atoms with Crippen LogP contribution in [0.15, 0.2) is 183 Å². The van der Waals surface area contributed by atoms with Gasteiger partial charge in [0.15, 0.2) is 0 Å². The second kappa shape index (κ2) is 14.9. The van der Waals surface area contributed by atoms with Crippen LogP contribution in [-0.4, -0.2) is 25.9 Å². The first kappa shape index (κ1) is 36.1. The van der Waals surface area contributed by atoms with Crippen LogP contribution in [0.4, 0.5) is 17.3 Å². The number of carbonyl (C=O) groups excluding carboxylic acids is 2. The molecule has 7 heteroatoms. The molecule has 0 fully saturated rings. The van der Waals surface area contributed by atoms with Gasteiger partial charge in [-0.15, -0.1) is 0 Å². The average molecular weight is 756 g/mol. The molecule has 282 valence electrons. The Hall–Kier alpha value is -7.51. The van der Waals surface area contributed by atoms with Crippen molar-refractivity contribution in [3.05, 3.63) is 194 Å². The van der Waals surface area contributed by atoms with Gasteiger partial charge >= 0.3 is 0 Å². The highest BCUT2D eigenvalue weighted by atomic mass is 16.2.